The standard InChI is InChI=1S/C22H30N4O2/c1-3-23-22(28)17(2)24-21(27)16-26-13-11-25(12-14-26)15-19-9-6-8-18-7-4-5-10-20(18)19/h4-10,17H,3,11-16H2,1-2H3,(H,23,28)(H,24,27)/p+2/t17-/m1/s1. The number of benzene rings is 2. The second-order valence-electron chi connectivity index (χ2n) is 7.68. The lowest BCUT2D eigenvalue weighted by Crippen LogP contribution is -3.28. The van der Waals surface area contributed by atoms with Crippen LogP contribution < -0.4 is 20.4 Å². The zero-order chi connectivity index (χ0) is 19.9. The molecule has 28 heavy (non-hydrogen) atoms. The molecule has 2 aromatic carbocycles. The lowest BCUT2D eigenvalue weighted by molar-refractivity contribution is -1.02. The summed E-state index contributed by atoms with van der Waals surface area (Å²) in [6.45, 7) is 9.69. The number of quaternary nitrogens is 2. The molecule has 6 nitrogen and oxygen atoms in total. The van der Waals surface area contributed by atoms with Crippen LogP contribution in [-0.2, 0) is 16.1 Å². The molecule has 1 saturated heterocycles. The average molecular weight is 385 g/mol. The van der Waals surface area contributed by atoms with E-state index in [1.807, 2.05) is 6.92 Å². The van der Waals surface area contributed by atoms with Crippen LogP contribution in [0, 0.1) is 0 Å². The molecule has 0 bridgehead atoms. The molecule has 0 aromatic heterocycles. The van der Waals surface area contributed by atoms with Crippen molar-refractivity contribution in [1.82, 2.24) is 10.6 Å². The summed E-state index contributed by atoms with van der Waals surface area (Å²) in [6, 6.07) is 14.6. The van der Waals surface area contributed by atoms with Gasteiger partial charge in [-0.1, -0.05) is 42.5 Å². The zero-order valence-electron chi connectivity index (χ0n) is 16.9. The fourth-order valence-corrected chi connectivity index (χ4v) is 3.94. The van der Waals surface area contributed by atoms with Crippen LogP contribution in [0.5, 0.6) is 0 Å². The van der Waals surface area contributed by atoms with Crippen molar-refractivity contribution in [3.8, 4) is 0 Å². The van der Waals surface area contributed by atoms with Crippen LogP contribution in [0.2, 0.25) is 0 Å². The highest BCUT2D eigenvalue weighted by Crippen LogP contribution is 2.17. The molecule has 2 aromatic rings. The number of piperazine rings is 1. The minimum absolute atomic E-state index is 0.0498. The maximum absolute atomic E-state index is 12.2. The van der Waals surface area contributed by atoms with Crippen LogP contribution >= 0.6 is 0 Å². The van der Waals surface area contributed by atoms with Gasteiger partial charge in [0.1, 0.15) is 38.8 Å². The third-order valence-corrected chi connectivity index (χ3v) is 5.52. The number of carbonyl (C=O) groups excluding carboxylic acids is 2. The molecular weight excluding hydrogens is 352 g/mol. The van der Waals surface area contributed by atoms with E-state index in [0.717, 1.165) is 32.7 Å². The second kappa shape index (κ2) is 9.66. The summed E-state index contributed by atoms with van der Waals surface area (Å²) in [5.41, 5.74) is 1.39. The average Bonchev–Trinajstić information content (AvgIpc) is 2.70. The maximum Gasteiger partial charge on any atom is 0.275 e. The first-order valence-corrected chi connectivity index (χ1v) is 10.3. The van der Waals surface area contributed by atoms with Crippen LogP contribution in [0.1, 0.15) is 19.4 Å². The summed E-state index contributed by atoms with van der Waals surface area (Å²) >= 11 is 0. The molecule has 150 valence electrons. The normalized spacial score (nSPS) is 20.5. The van der Waals surface area contributed by atoms with E-state index in [0.29, 0.717) is 13.1 Å². The molecule has 0 spiro atoms. The van der Waals surface area contributed by atoms with Gasteiger partial charge in [0, 0.05) is 12.1 Å². The molecule has 1 fully saturated rings. The molecule has 2 amide bonds. The Balaban J connectivity index is 1.47. The summed E-state index contributed by atoms with van der Waals surface area (Å²) in [5, 5.41) is 8.17. The van der Waals surface area contributed by atoms with Gasteiger partial charge in [-0.25, -0.2) is 0 Å². The van der Waals surface area contributed by atoms with E-state index < -0.39 is 6.04 Å². The summed E-state index contributed by atoms with van der Waals surface area (Å²) in [5.74, 6) is -0.179. The van der Waals surface area contributed by atoms with Crippen molar-refractivity contribution in [3.63, 3.8) is 0 Å². The smallest absolute Gasteiger partial charge is 0.275 e. The Labute approximate surface area is 166 Å². The number of likely N-dealkylation sites (N-methyl/N-ethyl adjacent to an activating group) is 1. The Bertz CT molecular complexity index is 810. The second-order valence-corrected chi connectivity index (χ2v) is 7.68. The summed E-state index contributed by atoms with van der Waals surface area (Å²) in [7, 11) is 0. The number of nitrogens with one attached hydrogen (secondary N) is 4. The van der Waals surface area contributed by atoms with E-state index in [9.17, 15) is 9.59 Å². The van der Waals surface area contributed by atoms with Crippen molar-refractivity contribution in [1.29, 1.82) is 0 Å². The molecular formula is C22H32N4O2+2. The van der Waals surface area contributed by atoms with Gasteiger partial charge in [0.05, 0.1) is 0 Å². The van der Waals surface area contributed by atoms with E-state index in [1.54, 1.807) is 11.8 Å². The van der Waals surface area contributed by atoms with Crippen molar-refractivity contribution in [3.05, 3.63) is 48.0 Å². The first-order chi connectivity index (χ1) is 13.6. The number of hydrogen-bond acceptors (Lipinski definition) is 2. The van der Waals surface area contributed by atoms with Gasteiger partial charge in [-0.15, -0.1) is 0 Å². The monoisotopic (exact) mass is 384 g/mol. The van der Waals surface area contributed by atoms with Gasteiger partial charge in [-0.2, -0.15) is 0 Å². The van der Waals surface area contributed by atoms with Gasteiger partial charge in [-0.05, 0) is 24.6 Å². The van der Waals surface area contributed by atoms with Crippen LogP contribution in [0.15, 0.2) is 42.5 Å². The number of hydrogen-bond donors (Lipinski definition) is 4. The molecule has 0 radical (unpaired) electrons. The van der Waals surface area contributed by atoms with Crippen molar-refractivity contribution < 1.29 is 19.4 Å². The van der Waals surface area contributed by atoms with Crippen molar-refractivity contribution in [2.75, 3.05) is 39.3 Å². The highest BCUT2D eigenvalue weighted by Gasteiger charge is 2.26. The number of rotatable bonds is 7. The molecule has 4 N–H and O–H groups in total. The first-order valence-electron chi connectivity index (χ1n) is 10.3. The number of fused-ring (bicyclic) bond motifs is 1. The van der Waals surface area contributed by atoms with Crippen molar-refractivity contribution in [2.24, 2.45) is 0 Å². The van der Waals surface area contributed by atoms with E-state index >= 15 is 0 Å². The summed E-state index contributed by atoms with van der Waals surface area (Å²) < 4.78 is 0. The topological polar surface area (TPSA) is 67.1 Å². The molecule has 0 aliphatic carbocycles. The molecule has 0 saturated carbocycles. The molecule has 1 atom stereocenters. The quantitative estimate of drug-likeness (QED) is 0.483. The van der Waals surface area contributed by atoms with E-state index in [1.165, 1.54) is 21.2 Å². The molecule has 6 heteroatoms. The molecule has 3 rings (SSSR count). The van der Waals surface area contributed by atoms with Gasteiger partial charge in [0.2, 0.25) is 5.91 Å². The number of amides is 2. The summed E-state index contributed by atoms with van der Waals surface area (Å²) in [4.78, 5) is 26.8. The lowest BCUT2D eigenvalue weighted by atomic mass is 10.0. The third kappa shape index (κ3) is 5.30. The van der Waals surface area contributed by atoms with Crippen LogP contribution in [0.25, 0.3) is 10.8 Å². The maximum atomic E-state index is 12.2. The Kier molecular flexibility index (Phi) is 7.01. The van der Waals surface area contributed by atoms with E-state index in [4.69, 9.17) is 0 Å². The molecule has 0 unspecified atom stereocenters. The van der Waals surface area contributed by atoms with Crippen LogP contribution in [0.4, 0.5) is 0 Å². The third-order valence-electron chi connectivity index (χ3n) is 5.52. The first kappa shape index (κ1) is 20.3. The SMILES string of the molecule is CCNC(=O)[C@@H](C)NC(=O)C[NH+]1CC[NH+](Cc2cccc3ccccc23)CC1. The van der Waals surface area contributed by atoms with Crippen LogP contribution in [0.3, 0.4) is 0 Å². The zero-order valence-corrected chi connectivity index (χ0v) is 16.9. The minimum Gasteiger partial charge on any atom is -0.355 e. The van der Waals surface area contributed by atoms with Gasteiger partial charge >= 0.3 is 0 Å². The Morgan fingerprint density at radius 3 is 2.43 bits per heavy atom. The predicted molar refractivity (Wildman–Crippen MR) is 110 cm³/mol. The van der Waals surface area contributed by atoms with Crippen LogP contribution in [-0.4, -0.2) is 57.1 Å². The Hall–Kier alpha value is -2.44. The Morgan fingerprint density at radius 2 is 1.68 bits per heavy atom. The van der Waals surface area contributed by atoms with Gasteiger partial charge in [0.25, 0.3) is 5.91 Å². The number of carbonyl (C=O) groups is 2. The van der Waals surface area contributed by atoms with Gasteiger partial charge in [-0.3, -0.25) is 9.59 Å². The largest absolute Gasteiger partial charge is 0.355 e. The van der Waals surface area contributed by atoms with E-state index in [-0.39, 0.29) is 11.8 Å². The Morgan fingerprint density at radius 1 is 1.00 bits per heavy atom. The highest BCUT2D eigenvalue weighted by atomic mass is 16.2. The molecule has 1 aliphatic rings. The molecule has 1 heterocycles. The molecule has 1 aliphatic heterocycles. The van der Waals surface area contributed by atoms with Crippen molar-refractivity contribution in [2.45, 2.75) is 26.4 Å². The van der Waals surface area contributed by atoms with Gasteiger partial charge < -0.3 is 20.4 Å². The van der Waals surface area contributed by atoms with Crippen molar-refractivity contribution >= 4 is 22.6 Å². The van der Waals surface area contributed by atoms with Gasteiger partial charge in [0.15, 0.2) is 6.54 Å². The fourth-order valence-electron chi connectivity index (χ4n) is 3.94. The minimum atomic E-state index is -0.481. The van der Waals surface area contributed by atoms with E-state index in [2.05, 4.69) is 53.1 Å². The predicted octanol–water partition coefficient (Wildman–Crippen LogP) is -1.24. The summed E-state index contributed by atoms with van der Waals surface area (Å²) in [6.07, 6.45) is 0. The highest BCUT2D eigenvalue weighted by molar-refractivity contribution is 5.87. The lowest BCUT2D eigenvalue weighted by Gasteiger charge is -2.29. The fraction of sp³-hybridized carbons (Fsp3) is 0.455.